The minimum atomic E-state index is -1.73. The van der Waals surface area contributed by atoms with Crippen LogP contribution in [0, 0.1) is 5.41 Å². The molecule has 2 heterocycles. The number of aliphatic hydroxyl groups is 2. The van der Waals surface area contributed by atoms with E-state index in [9.17, 15) is 58.5 Å². The summed E-state index contributed by atoms with van der Waals surface area (Å²) in [5.41, 5.74) is 33.2. The monoisotopic (exact) mass is 1050 g/mol. The molecule has 0 bridgehead atoms. The molecular weight excluding hydrogens is 973 g/mol. The van der Waals surface area contributed by atoms with Gasteiger partial charge in [-0.25, -0.2) is 14.8 Å². The van der Waals surface area contributed by atoms with Crippen molar-refractivity contribution in [2.75, 3.05) is 45.8 Å². The van der Waals surface area contributed by atoms with Gasteiger partial charge in [-0.1, -0.05) is 12.5 Å². The van der Waals surface area contributed by atoms with Gasteiger partial charge in [-0.2, -0.15) is 0 Å². The highest BCUT2D eigenvalue weighted by Crippen LogP contribution is 2.20. The van der Waals surface area contributed by atoms with Crippen molar-refractivity contribution in [2.45, 2.75) is 132 Å². The van der Waals surface area contributed by atoms with E-state index < -0.39 is 120 Å². The first-order chi connectivity index (χ1) is 35.2. The summed E-state index contributed by atoms with van der Waals surface area (Å²) in [4.78, 5) is 132. The van der Waals surface area contributed by atoms with Crippen LogP contribution < -0.4 is 71.6 Å². The second-order valence-electron chi connectivity index (χ2n) is 17.4. The number of aliphatic imine (C=N–C) groups is 1. The summed E-state index contributed by atoms with van der Waals surface area (Å²) in [6.45, 7) is 0.655. The van der Waals surface area contributed by atoms with E-state index in [1.807, 2.05) is 0 Å². The largest absolute Gasteiger partial charge is 0.477 e. The molecule has 30 heteroatoms. The molecule has 1 aromatic rings. The highest BCUT2D eigenvalue weighted by atomic mass is 16.4. The third-order valence-corrected chi connectivity index (χ3v) is 11.4. The van der Waals surface area contributed by atoms with Crippen molar-refractivity contribution in [1.82, 2.24) is 52.1 Å². The van der Waals surface area contributed by atoms with Crippen molar-refractivity contribution < 1.29 is 58.5 Å². The average molecular weight is 1050 g/mol. The number of carboxylic acids is 1. The number of carboxylic acid groups (broad SMARTS) is 1. The number of likely N-dealkylation sites (tertiary alicyclic amines) is 1. The van der Waals surface area contributed by atoms with Crippen LogP contribution in [0.3, 0.4) is 0 Å². The van der Waals surface area contributed by atoms with Crippen LogP contribution in [-0.4, -0.2) is 189 Å². The molecule has 0 unspecified atom stereocenters. The molecule has 0 saturated carbocycles. The zero-order valence-electron chi connectivity index (χ0n) is 41.6. The Bertz CT molecular complexity index is 2110. The number of carbonyl (C=O) groups is 9. The summed E-state index contributed by atoms with van der Waals surface area (Å²) < 4.78 is 0. The fourth-order valence-electron chi connectivity index (χ4n) is 7.37. The normalized spacial score (nSPS) is 16.5. The molecular formula is C44H76N18O12. The van der Waals surface area contributed by atoms with Crippen LogP contribution in [0.5, 0.6) is 0 Å². The topological polar surface area (TPSA) is 523 Å². The number of carbonyl (C=O) groups excluding carboxylic acids is 8. The minimum absolute atomic E-state index is 0.0302. The number of hydrogen-bond acceptors (Lipinski definition) is 18. The van der Waals surface area contributed by atoms with Crippen LogP contribution in [0.25, 0.3) is 0 Å². The molecule has 74 heavy (non-hydrogen) atoms. The average Bonchev–Trinajstić information content (AvgIpc) is 4.08. The Morgan fingerprint density at radius 3 is 2.11 bits per heavy atom. The van der Waals surface area contributed by atoms with Crippen LogP contribution in [0.1, 0.15) is 83.2 Å². The number of nitrogens with zero attached hydrogens (tertiary/aromatic N) is 3. The molecule has 0 aliphatic carbocycles. The van der Waals surface area contributed by atoms with Gasteiger partial charge in [-0.05, 0) is 90.8 Å². The highest BCUT2D eigenvalue weighted by Gasteiger charge is 2.39. The zero-order chi connectivity index (χ0) is 55.3. The Hall–Kier alpha value is -6.96. The van der Waals surface area contributed by atoms with Gasteiger partial charge in [0, 0.05) is 37.9 Å². The van der Waals surface area contributed by atoms with Gasteiger partial charge in [0.15, 0.2) is 5.96 Å². The lowest BCUT2D eigenvalue weighted by molar-refractivity contribution is -0.137. The summed E-state index contributed by atoms with van der Waals surface area (Å²) >= 11 is 0. The van der Waals surface area contributed by atoms with E-state index >= 15 is 0 Å². The van der Waals surface area contributed by atoms with Crippen LogP contribution in [-0.2, 0) is 49.6 Å². The fraction of sp³-hybridized carbons (Fsp3) is 0.636. The Labute approximate surface area is 427 Å². The number of aliphatic hydroxyl groups excluding tert-OH is 2. The molecule has 1 aliphatic heterocycles. The molecule has 1 saturated heterocycles. The quantitative estimate of drug-likeness (QED) is 0.0132. The molecule has 8 amide bonds. The molecule has 1 aromatic heterocycles. The summed E-state index contributed by atoms with van der Waals surface area (Å²) in [7, 11) is 0. The van der Waals surface area contributed by atoms with Gasteiger partial charge in [-0.3, -0.25) is 43.8 Å². The molecule has 0 radical (unpaired) electrons. The van der Waals surface area contributed by atoms with Crippen LogP contribution in [0.2, 0.25) is 0 Å². The van der Waals surface area contributed by atoms with Crippen molar-refractivity contribution in [3.63, 3.8) is 0 Å². The van der Waals surface area contributed by atoms with Crippen LogP contribution >= 0.6 is 0 Å². The van der Waals surface area contributed by atoms with Crippen LogP contribution in [0.4, 0.5) is 0 Å². The van der Waals surface area contributed by atoms with E-state index in [1.54, 1.807) is 0 Å². The maximum Gasteiger partial charge on any atom is 0.352 e. The Balaban J connectivity index is 2.29. The second kappa shape index (κ2) is 33.7. The van der Waals surface area contributed by atoms with Crippen molar-refractivity contribution in [2.24, 2.45) is 39.4 Å². The number of aliphatic carboxylic acids is 1. The van der Waals surface area contributed by atoms with E-state index in [-0.39, 0.29) is 82.8 Å². The first-order valence-electron chi connectivity index (χ1n) is 24.3. The SMILES string of the molecule is C[C@H](O)[C@H](NC(=O)[C@@H](NC(=O)[C@@H](N)CCCCN)[C@@H](O)CN)C(=O)NCC(=O)/N=C(\CCCN)C(=O)N1CCC[C@H]1C(=O)N[C@@H](Cc1cnc[nH]1)C(=O)N[C@@H](CCCCN)C(=O)N/C(=C\CCNC(=N)N)C(=O)O. The van der Waals surface area contributed by atoms with Gasteiger partial charge in [-0.15, -0.1) is 0 Å². The molecule has 24 N–H and O–H groups in total. The molecule has 30 nitrogen and oxygen atoms in total. The summed E-state index contributed by atoms with van der Waals surface area (Å²) in [6, 6.07) is -8.36. The number of guanidine groups is 1. The first-order valence-corrected chi connectivity index (χ1v) is 24.3. The van der Waals surface area contributed by atoms with E-state index in [2.05, 4.69) is 52.2 Å². The zero-order valence-corrected chi connectivity index (χ0v) is 41.6. The van der Waals surface area contributed by atoms with Crippen molar-refractivity contribution in [1.29, 1.82) is 5.41 Å². The lowest BCUT2D eigenvalue weighted by Gasteiger charge is -2.28. The lowest BCUT2D eigenvalue weighted by atomic mass is 10.1. The first kappa shape index (κ1) is 63.2. The van der Waals surface area contributed by atoms with Crippen LogP contribution in [0.15, 0.2) is 29.3 Å². The number of rotatable bonds is 34. The molecule has 8 atom stereocenters. The van der Waals surface area contributed by atoms with Crippen molar-refractivity contribution in [3.05, 3.63) is 30.0 Å². The summed E-state index contributed by atoms with van der Waals surface area (Å²) in [5, 5.41) is 54.8. The molecule has 1 fully saturated rings. The highest BCUT2D eigenvalue weighted by molar-refractivity contribution is 6.40. The number of imidazole rings is 1. The Kier molecular flexibility index (Phi) is 28.8. The van der Waals surface area contributed by atoms with Gasteiger partial charge >= 0.3 is 5.97 Å². The van der Waals surface area contributed by atoms with Gasteiger partial charge in [0.05, 0.1) is 31.1 Å². The molecule has 2 rings (SSSR count). The van der Waals surface area contributed by atoms with E-state index in [0.717, 1.165) is 6.92 Å². The number of nitrogens with two attached hydrogens (primary N) is 6. The summed E-state index contributed by atoms with van der Waals surface area (Å²) in [6.07, 6.45) is 3.28. The smallest absolute Gasteiger partial charge is 0.352 e. The molecule has 1 aliphatic rings. The maximum atomic E-state index is 14.1. The number of nitrogens with one attached hydrogen (secondary N) is 9. The second-order valence-corrected chi connectivity index (χ2v) is 17.4. The molecule has 0 aromatic carbocycles. The van der Waals surface area contributed by atoms with Gasteiger partial charge in [0.25, 0.3) is 11.8 Å². The third kappa shape index (κ3) is 22.0. The fourth-order valence-corrected chi connectivity index (χ4v) is 7.37. The number of aromatic nitrogens is 2. The maximum absolute atomic E-state index is 14.1. The van der Waals surface area contributed by atoms with Gasteiger partial charge < -0.3 is 96.8 Å². The third-order valence-electron chi connectivity index (χ3n) is 11.4. The van der Waals surface area contributed by atoms with E-state index in [0.29, 0.717) is 44.3 Å². The van der Waals surface area contributed by atoms with Crippen molar-refractivity contribution in [3.8, 4) is 0 Å². The molecule has 0 spiro atoms. The van der Waals surface area contributed by atoms with E-state index in [4.69, 9.17) is 39.8 Å². The molecule has 414 valence electrons. The number of unbranched alkanes of at least 4 members (excludes halogenated alkanes) is 2. The summed E-state index contributed by atoms with van der Waals surface area (Å²) in [5.74, 6) is -9.14. The standard InChI is InChI=1S/C44H76N18O12/c1-24(63)34(60-41(71)35(32(64)20-48)61-36(66)26(49)9-2-4-14-45)40(70)54-22-33(65)56-28(11-6-16-47)42(72)62-18-8-13-31(62)39(69)59-30(19-25-21-52-23-55-25)38(68)57-27(10-3-5-15-46)37(67)58-29(43(73)74)12-7-17-53-44(50)51/h12,21,23-24,26-27,30-32,34-35,63-64H,2-11,13-20,22,45-49H2,1H3,(H,52,55)(H,54,70)(H,57,68)(H,58,67)(H,59,69)(H,60,71)(H,61,66)(H,73,74)(H4,50,51,53)/b29-12-,56-28+/t24-,26-,27-,30-,31-,32-,34-,35-/m0/s1. The predicted octanol–water partition coefficient (Wildman–Crippen LogP) is -7.05. The van der Waals surface area contributed by atoms with Crippen molar-refractivity contribution >= 4 is 64.9 Å². The Morgan fingerprint density at radius 1 is 0.851 bits per heavy atom. The predicted molar refractivity (Wildman–Crippen MR) is 267 cm³/mol. The lowest BCUT2D eigenvalue weighted by Crippen LogP contribution is -2.62. The van der Waals surface area contributed by atoms with Gasteiger partial charge in [0.1, 0.15) is 41.6 Å². The number of amides is 8. The number of aromatic amines is 1. The number of hydrogen-bond donors (Lipinski definition) is 18. The van der Waals surface area contributed by atoms with Gasteiger partial charge in [0.2, 0.25) is 35.4 Å². The van der Waals surface area contributed by atoms with E-state index in [1.165, 1.54) is 23.5 Å². The minimum Gasteiger partial charge on any atom is -0.477 e. The Morgan fingerprint density at radius 2 is 1.51 bits per heavy atom. The number of H-pyrrole nitrogens is 1.